The Balaban J connectivity index is 1.71. The molecule has 6 nitrogen and oxygen atoms in total. The van der Waals surface area contributed by atoms with Crippen LogP contribution in [0.3, 0.4) is 0 Å². The van der Waals surface area contributed by atoms with Gasteiger partial charge in [0.15, 0.2) is 0 Å². The van der Waals surface area contributed by atoms with Crippen LogP contribution < -0.4 is 0 Å². The van der Waals surface area contributed by atoms with Crippen LogP contribution in [-0.4, -0.2) is 55.2 Å². The molecule has 3 rings (SSSR count). The van der Waals surface area contributed by atoms with Crippen LogP contribution in [0.1, 0.15) is 41.7 Å². The molecule has 28 heavy (non-hydrogen) atoms. The number of pyridine rings is 1. The molecule has 1 aliphatic heterocycles. The summed E-state index contributed by atoms with van der Waals surface area (Å²) in [5.41, 5.74) is 1.30. The third-order valence-electron chi connectivity index (χ3n) is 5.06. The SMILES string of the molecule is CN(CCc1ccccn1)C(=O)c1cccc(S(=O)(=O)N2CCCCCC2)c1. The Labute approximate surface area is 167 Å². The summed E-state index contributed by atoms with van der Waals surface area (Å²) in [6, 6.07) is 12.1. The lowest BCUT2D eigenvalue weighted by atomic mass is 10.2. The Morgan fingerprint density at radius 1 is 1.07 bits per heavy atom. The average Bonchev–Trinajstić information content (AvgIpc) is 3.02. The Bertz CT molecular complexity index is 892. The second kappa shape index (κ2) is 9.30. The molecule has 1 fully saturated rings. The topological polar surface area (TPSA) is 70.6 Å². The van der Waals surface area contributed by atoms with Crippen molar-refractivity contribution in [2.45, 2.75) is 37.0 Å². The van der Waals surface area contributed by atoms with Gasteiger partial charge in [0.1, 0.15) is 0 Å². The number of carbonyl (C=O) groups is 1. The first-order chi connectivity index (χ1) is 13.5. The second-order valence-corrected chi connectivity index (χ2v) is 9.08. The molecule has 0 aliphatic carbocycles. The van der Waals surface area contributed by atoms with E-state index in [0.717, 1.165) is 31.4 Å². The van der Waals surface area contributed by atoms with Crippen molar-refractivity contribution in [1.82, 2.24) is 14.2 Å². The Morgan fingerprint density at radius 2 is 1.82 bits per heavy atom. The predicted octanol–water partition coefficient (Wildman–Crippen LogP) is 2.96. The van der Waals surface area contributed by atoms with Crippen LogP contribution >= 0.6 is 0 Å². The van der Waals surface area contributed by atoms with E-state index in [1.165, 1.54) is 6.07 Å². The molecule has 0 atom stereocenters. The van der Waals surface area contributed by atoms with Gasteiger partial charge in [0.2, 0.25) is 10.0 Å². The maximum absolute atomic E-state index is 13.0. The van der Waals surface area contributed by atoms with Crippen LogP contribution in [0.4, 0.5) is 0 Å². The lowest BCUT2D eigenvalue weighted by Gasteiger charge is -2.21. The van der Waals surface area contributed by atoms with Gasteiger partial charge in [-0.15, -0.1) is 0 Å². The van der Waals surface area contributed by atoms with E-state index in [1.807, 2.05) is 18.2 Å². The highest BCUT2D eigenvalue weighted by Gasteiger charge is 2.26. The zero-order valence-corrected chi connectivity index (χ0v) is 17.1. The number of amides is 1. The quantitative estimate of drug-likeness (QED) is 0.746. The highest BCUT2D eigenvalue weighted by Crippen LogP contribution is 2.21. The highest BCUT2D eigenvalue weighted by molar-refractivity contribution is 7.89. The van der Waals surface area contributed by atoms with E-state index in [2.05, 4.69) is 4.98 Å². The van der Waals surface area contributed by atoms with Crippen LogP contribution in [0.2, 0.25) is 0 Å². The number of nitrogens with zero attached hydrogens (tertiary/aromatic N) is 3. The molecule has 2 aromatic rings. The van der Waals surface area contributed by atoms with E-state index >= 15 is 0 Å². The molecule has 0 saturated carbocycles. The molecular weight excluding hydrogens is 374 g/mol. The van der Waals surface area contributed by atoms with Crippen molar-refractivity contribution in [3.8, 4) is 0 Å². The van der Waals surface area contributed by atoms with E-state index in [-0.39, 0.29) is 10.8 Å². The van der Waals surface area contributed by atoms with Gasteiger partial charge in [-0.1, -0.05) is 25.0 Å². The van der Waals surface area contributed by atoms with Crippen LogP contribution in [0.5, 0.6) is 0 Å². The molecule has 1 saturated heterocycles. The van der Waals surface area contributed by atoms with E-state index in [4.69, 9.17) is 0 Å². The van der Waals surface area contributed by atoms with Gasteiger partial charge in [-0.2, -0.15) is 4.31 Å². The molecule has 0 spiro atoms. The Kier molecular flexibility index (Phi) is 6.80. The van der Waals surface area contributed by atoms with Crippen molar-refractivity contribution in [2.24, 2.45) is 0 Å². The van der Waals surface area contributed by atoms with Crippen LogP contribution in [0.25, 0.3) is 0 Å². The van der Waals surface area contributed by atoms with Crippen molar-refractivity contribution in [3.63, 3.8) is 0 Å². The summed E-state index contributed by atoms with van der Waals surface area (Å²) in [6.45, 7) is 1.61. The first kappa shape index (κ1) is 20.5. The number of sulfonamides is 1. The molecule has 0 unspecified atom stereocenters. The molecule has 2 heterocycles. The summed E-state index contributed by atoms with van der Waals surface area (Å²) in [6.07, 6.45) is 6.27. The summed E-state index contributed by atoms with van der Waals surface area (Å²) in [5.74, 6) is -0.191. The van der Waals surface area contributed by atoms with Crippen molar-refractivity contribution in [1.29, 1.82) is 0 Å². The van der Waals surface area contributed by atoms with E-state index in [9.17, 15) is 13.2 Å². The molecule has 0 bridgehead atoms. The van der Waals surface area contributed by atoms with Gasteiger partial charge in [0, 0.05) is 50.6 Å². The lowest BCUT2D eigenvalue weighted by molar-refractivity contribution is 0.0796. The maximum atomic E-state index is 13.0. The monoisotopic (exact) mass is 401 g/mol. The number of benzene rings is 1. The fraction of sp³-hybridized carbons (Fsp3) is 0.429. The molecule has 7 heteroatoms. The summed E-state index contributed by atoms with van der Waals surface area (Å²) in [5, 5.41) is 0. The van der Waals surface area contributed by atoms with Gasteiger partial charge in [-0.05, 0) is 43.2 Å². The van der Waals surface area contributed by atoms with Crippen LogP contribution in [-0.2, 0) is 16.4 Å². The number of aromatic nitrogens is 1. The van der Waals surface area contributed by atoms with Crippen molar-refractivity contribution in [2.75, 3.05) is 26.7 Å². The molecule has 1 aromatic heterocycles. The second-order valence-electron chi connectivity index (χ2n) is 7.14. The molecule has 1 aliphatic rings. The minimum absolute atomic E-state index is 0.191. The molecule has 0 radical (unpaired) electrons. The summed E-state index contributed by atoms with van der Waals surface area (Å²) >= 11 is 0. The fourth-order valence-electron chi connectivity index (χ4n) is 3.37. The van der Waals surface area contributed by atoms with Gasteiger partial charge in [-0.25, -0.2) is 8.42 Å². The number of likely N-dealkylation sites (N-methyl/N-ethyl adjacent to an activating group) is 1. The number of carbonyl (C=O) groups excluding carboxylic acids is 1. The summed E-state index contributed by atoms with van der Waals surface area (Å²) in [7, 11) is -1.85. The highest BCUT2D eigenvalue weighted by atomic mass is 32.2. The van der Waals surface area contributed by atoms with Gasteiger partial charge >= 0.3 is 0 Å². The first-order valence-electron chi connectivity index (χ1n) is 9.74. The minimum atomic E-state index is -3.57. The third-order valence-corrected chi connectivity index (χ3v) is 6.95. The van der Waals surface area contributed by atoms with Crippen molar-refractivity contribution in [3.05, 3.63) is 59.9 Å². The van der Waals surface area contributed by atoms with E-state index < -0.39 is 10.0 Å². The predicted molar refractivity (Wildman–Crippen MR) is 109 cm³/mol. The van der Waals surface area contributed by atoms with Gasteiger partial charge in [0.25, 0.3) is 5.91 Å². The number of hydrogen-bond donors (Lipinski definition) is 0. The smallest absolute Gasteiger partial charge is 0.253 e. The normalized spacial score (nSPS) is 15.8. The fourth-order valence-corrected chi connectivity index (χ4v) is 4.93. The molecule has 1 aromatic carbocycles. The van der Waals surface area contributed by atoms with Crippen LogP contribution in [0, 0.1) is 0 Å². The third kappa shape index (κ3) is 4.97. The summed E-state index contributed by atoms with van der Waals surface area (Å²) < 4.78 is 27.5. The Hall–Kier alpha value is -2.25. The maximum Gasteiger partial charge on any atom is 0.253 e. The molecule has 150 valence electrons. The molecular formula is C21H27N3O3S. The Morgan fingerprint density at radius 3 is 2.50 bits per heavy atom. The minimum Gasteiger partial charge on any atom is -0.341 e. The van der Waals surface area contributed by atoms with Crippen LogP contribution in [0.15, 0.2) is 53.6 Å². The van der Waals surface area contributed by atoms with Crippen molar-refractivity contribution >= 4 is 15.9 Å². The standard InChI is InChI=1S/C21H27N3O3S/c1-23(16-12-19-10-4-5-13-22-19)21(25)18-9-8-11-20(17-18)28(26,27)24-14-6-2-3-7-15-24/h4-5,8-11,13,17H,2-3,6-7,12,14-16H2,1H3. The van der Waals surface area contributed by atoms with Gasteiger partial charge < -0.3 is 4.90 Å². The van der Waals surface area contributed by atoms with Gasteiger partial charge in [-0.3, -0.25) is 9.78 Å². The largest absolute Gasteiger partial charge is 0.341 e. The average molecular weight is 402 g/mol. The summed E-state index contributed by atoms with van der Waals surface area (Å²) in [4.78, 5) is 18.8. The first-order valence-corrected chi connectivity index (χ1v) is 11.2. The zero-order valence-electron chi connectivity index (χ0n) is 16.3. The molecule has 1 amide bonds. The number of hydrogen-bond acceptors (Lipinski definition) is 4. The van der Waals surface area contributed by atoms with E-state index in [0.29, 0.717) is 31.6 Å². The lowest BCUT2D eigenvalue weighted by Crippen LogP contribution is -2.32. The molecule has 0 N–H and O–H groups in total. The van der Waals surface area contributed by atoms with Gasteiger partial charge in [0.05, 0.1) is 4.90 Å². The number of rotatable bonds is 6. The zero-order chi connectivity index (χ0) is 20.0. The van der Waals surface area contributed by atoms with Crippen molar-refractivity contribution < 1.29 is 13.2 Å². The van der Waals surface area contributed by atoms with E-state index in [1.54, 1.807) is 40.6 Å².